The number of hydrogen-bond acceptors (Lipinski definition) is 5. The van der Waals surface area contributed by atoms with E-state index in [0.717, 1.165) is 11.8 Å². The molecule has 0 saturated carbocycles. The van der Waals surface area contributed by atoms with Gasteiger partial charge in [0.25, 0.3) is 5.91 Å². The van der Waals surface area contributed by atoms with Crippen LogP contribution in [0.5, 0.6) is 5.75 Å². The first-order valence-corrected chi connectivity index (χ1v) is 9.66. The first-order chi connectivity index (χ1) is 12.3. The maximum atomic E-state index is 12.0. The van der Waals surface area contributed by atoms with Crippen molar-refractivity contribution in [1.29, 1.82) is 5.26 Å². The summed E-state index contributed by atoms with van der Waals surface area (Å²) in [5.41, 5.74) is 1.70. The molecule has 26 heavy (non-hydrogen) atoms. The SMILES string of the molecule is C[C@@H](NC(=O)COc1ccc(C#N)cc1)c1cccc(NS(C)(=O)=O)c1. The minimum absolute atomic E-state index is 0.169. The number of sulfonamides is 1. The highest BCUT2D eigenvalue weighted by atomic mass is 32.2. The number of carbonyl (C=O) groups is 1. The van der Waals surface area contributed by atoms with Crippen LogP contribution in [0.2, 0.25) is 0 Å². The van der Waals surface area contributed by atoms with Gasteiger partial charge in [-0.15, -0.1) is 0 Å². The van der Waals surface area contributed by atoms with Crippen LogP contribution in [0.25, 0.3) is 0 Å². The summed E-state index contributed by atoms with van der Waals surface area (Å²) in [5.74, 6) is 0.175. The summed E-state index contributed by atoms with van der Waals surface area (Å²) in [5, 5.41) is 11.5. The molecule has 0 fully saturated rings. The molecule has 2 N–H and O–H groups in total. The van der Waals surface area contributed by atoms with E-state index in [4.69, 9.17) is 10.00 Å². The predicted octanol–water partition coefficient (Wildman–Crippen LogP) is 2.19. The summed E-state index contributed by atoms with van der Waals surface area (Å²) in [6, 6.07) is 14.9. The molecule has 1 atom stereocenters. The molecule has 136 valence electrons. The summed E-state index contributed by atoms with van der Waals surface area (Å²) in [6.07, 6.45) is 1.07. The van der Waals surface area contributed by atoms with E-state index < -0.39 is 10.0 Å². The smallest absolute Gasteiger partial charge is 0.258 e. The van der Waals surface area contributed by atoms with E-state index in [2.05, 4.69) is 10.0 Å². The highest BCUT2D eigenvalue weighted by molar-refractivity contribution is 7.92. The lowest BCUT2D eigenvalue weighted by Gasteiger charge is -2.16. The van der Waals surface area contributed by atoms with Gasteiger partial charge in [-0.3, -0.25) is 9.52 Å². The Kier molecular flexibility index (Phi) is 6.20. The van der Waals surface area contributed by atoms with Crippen molar-refractivity contribution in [3.05, 3.63) is 59.7 Å². The molecule has 2 rings (SSSR count). The van der Waals surface area contributed by atoms with Crippen LogP contribution < -0.4 is 14.8 Å². The number of nitriles is 1. The van der Waals surface area contributed by atoms with E-state index in [1.807, 2.05) is 6.07 Å². The number of carbonyl (C=O) groups excluding carboxylic acids is 1. The Hall–Kier alpha value is -3.05. The van der Waals surface area contributed by atoms with Gasteiger partial charge in [0, 0.05) is 5.69 Å². The Morgan fingerprint density at radius 1 is 1.23 bits per heavy atom. The van der Waals surface area contributed by atoms with E-state index in [0.29, 0.717) is 17.0 Å². The highest BCUT2D eigenvalue weighted by Crippen LogP contribution is 2.18. The average molecular weight is 373 g/mol. The van der Waals surface area contributed by atoms with Gasteiger partial charge in [0.15, 0.2) is 6.61 Å². The topological polar surface area (TPSA) is 108 Å². The van der Waals surface area contributed by atoms with Gasteiger partial charge in [-0.05, 0) is 48.9 Å². The van der Waals surface area contributed by atoms with Crippen LogP contribution in [-0.4, -0.2) is 27.2 Å². The Balaban J connectivity index is 1.92. The second kappa shape index (κ2) is 8.36. The van der Waals surface area contributed by atoms with Crippen molar-refractivity contribution >= 4 is 21.6 Å². The van der Waals surface area contributed by atoms with Gasteiger partial charge in [0.2, 0.25) is 10.0 Å². The van der Waals surface area contributed by atoms with Crippen molar-refractivity contribution in [3.63, 3.8) is 0 Å². The second-order valence-electron chi connectivity index (χ2n) is 5.71. The monoisotopic (exact) mass is 373 g/mol. The average Bonchev–Trinajstić information content (AvgIpc) is 2.59. The number of nitrogens with one attached hydrogen (secondary N) is 2. The zero-order chi connectivity index (χ0) is 19.2. The van der Waals surface area contributed by atoms with Gasteiger partial charge in [0.1, 0.15) is 5.75 Å². The maximum absolute atomic E-state index is 12.0. The number of rotatable bonds is 7. The fourth-order valence-electron chi connectivity index (χ4n) is 2.23. The Labute approximate surface area is 152 Å². The normalized spacial score (nSPS) is 11.9. The molecule has 7 nitrogen and oxygen atoms in total. The fourth-order valence-corrected chi connectivity index (χ4v) is 2.78. The van der Waals surface area contributed by atoms with Crippen LogP contribution >= 0.6 is 0 Å². The van der Waals surface area contributed by atoms with Crippen molar-refractivity contribution in [2.24, 2.45) is 0 Å². The first-order valence-electron chi connectivity index (χ1n) is 7.77. The van der Waals surface area contributed by atoms with Crippen LogP contribution in [0.1, 0.15) is 24.1 Å². The van der Waals surface area contributed by atoms with Gasteiger partial charge < -0.3 is 10.1 Å². The van der Waals surface area contributed by atoms with Crippen molar-refractivity contribution < 1.29 is 17.9 Å². The van der Waals surface area contributed by atoms with Crippen molar-refractivity contribution in [2.45, 2.75) is 13.0 Å². The lowest BCUT2D eigenvalue weighted by atomic mass is 10.1. The van der Waals surface area contributed by atoms with Crippen LogP contribution in [-0.2, 0) is 14.8 Å². The molecule has 0 bridgehead atoms. The first kappa shape index (κ1) is 19.3. The summed E-state index contributed by atoms with van der Waals surface area (Å²) in [4.78, 5) is 12.0. The van der Waals surface area contributed by atoms with Gasteiger partial charge in [-0.25, -0.2) is 8.42 Å². The molecule has 0 saturated heterocycles. The lowest BCUT2D eigenvalue weighted by Crippen LogP contribution is -2.31. The Morgan fingerprint density at radius 3 is 2.54 bits per heavy atom. The Bertz CT molecular complexity index is 918. The number of ether oxygens (including phenoxy) is 1. The summed E-state index contributed by atoms with van der Waals surface area (Å²) < 4.78 is 30.4. The van der Waals surface area contributed by atoms with Crippen molar-refractivity contribution in [2.75, 3.05) is 17.6 Å². The zero-order valence-electron chi connectivity index (χ0n) is 14.4. The Morgan fingerprint density at radius 2 is 1.92 bits per heavy atom. The molecule has 2 aromatic carbocycles. The van der Waals surface area contributed by atoms with E-state index in [1.165, 1.54) is 0 Å². The number of hydrogen-bond donors (Lipinski definition) is 2. The molecule has 0 aromatic heterocycles. The standard InChI is InChI=1S/C18H19N3O4S/c1-13(15-4-3-5-16(10-15)21-26(2,23)24)20-18(22)12-25-17-8-6-14(11-19)7-9-17/h3-10,13,21H,12H2,1-2H3,(H,20,22)/t13-/m1/s1. The van der Waals surface area contributed by atoms with Crippen molar-refractivity contribution in [1.82, 2.24) is 5.32 Å². The molecular weight excluding hydrogens is 354 g/mol. The summed E-state index contributed by atoms with van der Waals surface area (Å²) in [6.45, 7) is 1.62. The van der Waals surface area contributed by atoms with E-state index in [-0.39, 0.29) is 18.6 Å². The lowest BCUT2D eigenvalue weighted by molar-refractivity contribution is -0.123. The molecule has 0 aliphatic rings. The summed E-state index contributed by atoms with van der Waals surface area (Å²) in [7, 11) is -3.36. The minimum Gasteiger partial charge on any atom is -0.484 e. The molecular formula is C18H19N3O4S. The van der Waals surface area contributed by atoms with Gasteiger partial charge in [0.05, 0.1) is 23.9 Å². The maximum Gasteiger partial charge on any atom is 0.258 e. The van der Waals surface area contributed by atoms with Crippen molar-refractivity contribution in [3.8, 4) is 11.8 Å². The molecule has 0 radical (unpaired) electrons. The second-order valence-corrected chi connectivity index (χ2v) is 7.46. The van der Waals surface area contributed by atoms with E-state index in [1.54, 1.807) is 55.5 Å². The number of amides is 1. The molecule has 0 aliphatic heterocycles. The van der Waals surface area contributed by atoms with Crippen LogP contribution in [0, 0.1) is 11.3 Å². The number of anilines is 1. The third-order valence-corrected chi connectivity index (χ3v) is 4.03. The number of benzene rings is 2. The van der Waals surface area contributed by atoms with E-state index in [9.17, 15) is 13.2 Å². The molecule has 0 spiro atoms. The van der Waals surface area contributed by atoms with Gasteiger partial charge in [-0.2, -0.15) is 5.26 Å². The third-order valence-electron chi connectivity index (χ3n) is 3.42. The predicted molar refractivity (Wildman–Crippen MR) is 98.1 cm³/mol. The molecule has 8 heteroatoms. The quantitative estimate of drug-likeness (QED) is 0.773. The van der Waals surface area contributed by atoms with Crippen LogP contribution in [0.15, 0.2) is 48.5 Å². The van der Waals surface area contributed by atoms with Crippen LogP contribution in [0.4, 0.5) is 5.69 Å². The third kappa shape index (κ3) is 6.11. The molecule has 1 amide bonds. The largest absolute Gasteiger partial charge is 0.484 e. The molecule has 0 heterocycles. The zero-order valence-corrected chi connectivity index (χ0v) is 15.2. The molecule has 0 aliphatic carbocycles. The molecule has 0 unspecified atom stereocenters. The van der Waals surface area contributed by atoms with Gasteiger partial charge >= 0.3 is 0 Å². The van der Waals surface area contributed by atoms with E-state index >= 15 is 0 Å². The fraction of sp³-hybridized carbons (Fsp3) is 0.222. The minimum atomic E-state index is -3.36. The number of nitrogens with zero attached hydrogens (tertiary/aromatic N) is 1. The molecule has 2 aromatic rings. The van der Waals surface area contributed by atoms with Gasteiger partial charge in [-0.1, -0.05) is 12.1 Å². The van der Waals surface area contributed by atoms with Crippen LogP contribution in [0.3, 0.4) is 0 Å². The summed E-state index contributed by atoms with van der Waals surface area (Å²) >= 11 is 0. The highest BCUT2D eigenvalue weighted by Gasteiger charge is 2.11.